The van der Waals surface area contributed by atoms with E-state index in [1.54, 1.807) is 11.3 Å². The number of benzene rings is 1. The Morgan fingerprint density at radius 1 is 1.28 bits per heavy atom. The lowest BCUT2D eigenvalue weighted by molar-refractivity contribution is 0.578. The van der Waals surface area contributed by atoms with Crippen LogP contribution in [-0.4, -0.2) is 4.98 Å². The van der Waals surface area contributed by atoms with Crippen LogP contribution < -0.4 is 5.32 Å². The summed E-state index contributed by atoms with van der Waals surface area (Å²) in [7, 11) is 0. The van der Waals surface area contributed by atoms with Crippen LogP contribution in [0, 0.1) is 0 Å². The van der Waals surface area contributed by atoms with Gasteiger partial charge in [-0.1, -0.05) is 18.2 Å². The van der Waals surface area contributed by atoms with E-state index in [-0.39, 0.29) is 0 Å². The maximum Gasteiger partial charge on any atom is 0.0457 e. The maximum atomic E-state index is 3.57. The lowest BCUT2D eigenvalue weighted by Crippen LogP contribution is -2.17. The van der Waals surface area contributed by atoms with E-state index in [0.29, 0.717) is 6.04 Å². The molecule has 3 heteroatoms. The molecule has 1 atom stereocenters. The Balaban J connectivity index is 1.73. The summed E-state index contributed by atoms with van der Waals surface area (Å²) in [6.45, 7) is 3.10. The van der Waals surface area contributed by atoms with Gasteiger partial charge in [-0.05, 0) is 40.9 Å². The van der Waals surface area contributed by atoms with Gasteiger partial charge in [0.05, 0.1) is 0 Å². The van der Waals surface area contributed by atoms with Crippen LogP contribution in [-0.2, 0) is 6.54 Å². The van der Waals surface area contributed by atoms with Gasteiger partial charge >= 0.3 is 0 Å². The third-order valence-electron chi connectivity index (χ3n) is 3.32. The quantitative estimate of drug-likeness (QED) is 0.723. The zero-order valence-corrected chi connectivity index (χ0v) is 11.1. The van der Waals surface area contributed by atoms with Gasteiger partial charge in [-0.3, -0.25) is 0 Å². The Morgan fingerprint density at radius 3 is 3.00 bits per heavy atom. The summed E-state index contributed by atoms with van der Waals surface area (Å²) < 4.78 is 0. The van der Waals surface area contributed by atoms with Gasteiger partial charge in [-0.2, -0.15) is 11.3 Å². The number of nitrogens with one attached hydrogen (secondary N) is 2. The van der Waals surface area contributed by atoms with Crippen LogP contribution in [0.15, 0.2) is 47.3 Å². The Bertz CT molecular complexity index is 625. The molecule has 2 nitrogen and oxygen atoms in total. The Hall–Kier alpha value is -1.58. The molecular weight excluding hydrogens is 240 g/mol. The summed E-state index contributed by atoms with van der Waals surface area (Å²) in [5.74, 6) is 0. The SMILES string of the molecule is CC(NCc1c[nH]c2ccccc12)c1ccsc1. The van der Waals surface area contributed by atoms with Crippen LogP contribution in [0.2, 0.25) is 0 Å². The number of fused-ring (bicyclic) bond motifs is 1. The van der Waals surface area contributed by atoms with Crippen LogP contribution in [0.1, 0.15) is 24.1 Å². The second kappa shape index (κ2) is 4.96. The first-order valence-corrected chi connectivity index (χ1v) is 7.09. The predicted molar refractivity (Wildman–Crippen MR) is 77.9 cm³/mol. The molecule has 0 amide bonds. The number of aromatic amines is 1. The van der Waals surface area contributed by atoms with E-state index in [1.807, 2.05) is 0 Å². The molecule has 0 radical (unpaired) electrons. The number of H-pyrrole nitrogens is 1. The third-order valence-corrected chi connectivity index (χ3v) is 4.02. The highest BCUT2D eigenvalue weighted by molar-refractivity contribution is 7.07. The summed E-state index contributed by atoms with van der Waals surface area (Å²) in [5.41, 5.74) is 3.89. The molecule has 0 saturated carbocycles. The zero-order chi connectivity index (χ0) is 12.4. The van der Waals surface area contributed by atoms with Crippen molar-refractivity contribution in [1.29, 1.82) is 0 Å². The highest BCUT2D eigenvalue weighted by Crippen LogP contribution is 2.20. The van der Waals surface area contributed by atoms with E-state index in [9.17, 15) is 0 Å². The first-order valence-electron chi connectivity index (χ1n) is 6.15. The van der Waals surface area contributed by atoms with Crippen LogP contribution in [0.5, 0.6) is 0 Å². The largest absolute Gasteiger partial charge is 0.361 e. The number of para-hydroxylation sites is 1. The van der Waals surface area contributed by atoms with Crippen LogP contribution in [0.25, 0.3) is 10.9 Å². The lowest BCUT2D eigenvalue weighted by Gasteiger charge is -2.11. The molecule has 0 aliphatic carbocycles. The van der Waals surface area contributed by atoms with E-state index in [1.165, 1.54) is 22.0 Å². The molecule has 92 valence electrons. The fourth-order valence-corrected chi connectivity index (χ4v) is 2.93. The second-order valence-corrected chi connectivity index (χ2v) is 5.30. The van der Waals surface area contributed by atoms with Crippen molar-refractivity contribution in [2.24, 2.45) is 0 Å². The molecule has 1 aromatic carbocycles. The van der Waals surface area contributed by atoms with Gasteiger partial charge in [-0.25, -0.2) is 0 Å². The van der Waals surface area contributed by atoms with Gasteiger partial charge < -0.3 is 10.3 Å². The second-order valence-electron chi connectivity index (χ2n) is 4.52. The monoisotopic (exact) mass is 256 g/mol. The fraction of sp³-hybridized carbons (Fsp3) is 0.200. The van der Waals surface area contributed by atoms with Crippen LogP contribution in [0.4, 0.5) is 0 Å². The molecule has 2 N–H and O–H groups in total. The van der Waals surface area contributed by atoms with Crippen molar-refractivity contribution in [3.8, 4) is 0 Å². The first kappa shape index (κ1) is 11.5. The summed E-state index contributed by atoms with van der Waals surface area (Å²) in [5, 5.41) is 9.20. The molecule has 1 unspecified atom stereocenters. The van der Waals surface area contributed by atoms with Crippen molar-refractivity contribution in [2.45, 2.75) is 19.5 Å². The Kier molecular flexibility index (Phi) is 3.17. The number of hydrogen-bond acceptors (Lipinski definition) is 2. The Morgan fingerprint density at radius 2 is 2.17 bits per heavy atom. The highest BCUT2D eigenvalue weighted by atomic mass is 32.1. The molecule has 3 rings (SSSR count). The van der Waals surface area contributed by atoms with Crippen LogP contribution in [0.3, 0.4) is 0 Å². The van der Waals surface area contributed by atoms with E-state index >= 15 is 0 Å². The summed E-state index contributed by atoms with van der Waals surface area (Å²) in [6, 6.07) is 11.0. The molecule has 0 bridgehead atoms. The maximum absolute atomic E-state index is 3.57. The van der Waals surface area contributed by atoms with Gasteiger partial charge in [0.25, 0.3) is 0 Å². The minimum absolute atomic E-state index is 0.393. The minimum atomic E-state index is 0.393. The molecule has 2 aromatic heterocycles. The fourth-order valence-electron chi connectivity index (χ4n) is 2.18. The van der Waals surface area contributed by atoms with E-state index in [0.717, 1.165) is 6.54 Å². The van der Waals surface area contributed by atoms with Crippen molar-refractivity contribution < 1.29 is 0 Å². The van der Waals surface area contributed by atoms with Gasteiger partial charge in [0.2, 0.25) is 0 Å². The van der Waals surface area contributed by atoms with E-state index < -0.39 is 0 Å². The molecule has 0 aliphatic rings. The molecule has 2 heterocycles. The standard InChI is InChI=1S/C15H16N2S/c1-11(12-6-7-18-10-12)16-8-13-9-17-15-5-3-2-4-14(13)15/h2-7,9-11,16-17H,8H2,1H3. The van der Waals surface area contributed by atoms with Gasteiger partial charge in [0.15, 0.2) is 0 Å². The van der Waals surface area contributed by atoms with E-state index in [2.05, 4.69) is 64.5 Å². The van der Waals surface area contributed by atoms with Crippen molar-refractivity contribution in [1.82, 2.24) is 10.3 Å². The van der Waals surface area contributed by atoms with Gasteiger partial charge in [-0.15, -0.1) is 0 Å². The number of thiophene rings is 1. The number of rotatable bonds is 4. The molecule has 18 heavy (non-hydrogen) atoms. The smallest absolute Gasteiger partial charge is 0.0457 e. The topological polar surface area (TPSA) is 27.8 Å². The molecule has 3 aromatic rings. The van der Waals surface area contributed by atoms with E-state index in [4.69, 9.17) is 0 Å². The highest BCUT2D eigenvalue weighted by Gasteiger charge is 2.07. The van der Waals surface area contributed by atoms with Crippen molar-refractivity contribution in [2.75, 3.05) is 0 Å². The molecular formula is C15H16N2S. The molecule has 0 fully saturated rings. The molecule has 0 aliphatic heterocycles. The number of aromatic nitrogens is 1. The third kappa shape index (κ3) is 2.19. The van der Waals surface area contributed by atoms with Crippen LogP contribution >= 0.6 is 11.3 Å². The van der Waals surface area contributed by atoms with Crippen molar-refractivity contribution in [3.05, 3.63) is 58.4 Å². The average molecular weight is 256 g/mol. The first-order chi connectivity index (χ1) is 8.84. The normalized spacial score (nSPS) is 12.9. The van der Waals surface area contributed by atoms with Crippen molar-refractivity contribution >= 4 is 22.2 Å². The molecule has 0 saturated heterocycles. The summed E-state index contributed by atoms with van der Waals surface area (Å²) in [6.07, 6.45) is 2.10. The summed E-state index contributed by atoms with van der Waals surface area (Å²) in [4.78, 5) is 3.31. The van der Waals surface area contributed by atoms with Gasteiger partial charge in [0, 0.05) is 29.7 Å². The Labute approximate surface area is 111 Å². The summed E-state index contributed by atoms with van der Waals surface area (Å²) >= 11 is 1.75. The lowest BCUT2D eigenvalue weighted by atomic mass is 10.1. The predicted octanol–water partition coefficient (Wildman–Crippen LogP) is 4.08. The average Bonchev–Trinajstić information content (AvgIpc) is 3.06. The molecule has 0 spiro atoms. The zero-order valence-electron chi connectivity index (χ0n) is 10.3. The van der Waals surface area contributed by atoms with Crippen molar-refractivity contribution in [3.63, 3.8) is 0 Å². The number of hydrogen-bond donors (Lipinski definition) is 2. The minimum Gasteiger partial charge on any atom is -0.361 e. The van der Waals surface area contributed by atoms with Gasteiger partial charge in [0.1, 0.15) is 0 Å².